The van der Waals surface area contributed by atoms with E-state index in [1.807, 2.05) is 31.2 Å². The third-order valence-corrected chi connectivity index (χ3v) is 6.45. The Balaban J connectivity index is 1.60. The van der Waals surface area contributed by atoms with Gasteiger partial charge in [-0.25, -0.2) is 8.42 Å². The van der Waals surface area contributed by atoms with Crippen LogP contribution < -0.4 is 20.1 Å². The molecule has 0 bridgehead atoms. The zero-order valence-corrected chi connectivity index (χ0v) is 20.1. The fourth-order valence-corrected chi connectivity index (χ4v) is 4.79. The molecular weight excluding hydrogens is 494 g/mol. The minimum absolute atomic E-state index is 0.0339. The maximum atomic E-state index is 12.9. The Labute approximate surface area is 196 Å². The second kappa shape index (κ2) is 10.5. The van der Waals surface area contributed by atoms with E-state index < -0.39 is 10.0 Å². The summed E-state index contributed by atoms with van der Waals surface area (Å²) < 4.78 is 34.1. The number of nitrogens with one attached hydrogen (secondary N) is 3. The van der Waals surface area contributed by atoms with Gasteiger partial charge in [-0.3, -0.25) is 9.52 Å². The molecule has 0 aliphatic rings. The number of methoxy groups -OCH3 is 1. The number of carbonyl (C=O) groups excluding carboxylic acids is 1. The van der Waals surface area contributed by atoms with E-state index >= 15 is 0 Å². The summed E-state index contributed by atoms with van der Waals surface area (Å²) in [4.78, 5) is 12.2. The lowest BCUT2D eigenvalue weighted by Gasteiger charge is -2.13. The van der Waals surface area contributed by atoms with Gasteiger partial charge in [-0.2, -0.15) is 0 Å². The van der Waals surface area contributed by atoms with E-state index in [4.69, 9.17) is 4.74 Å². The molecule has 0 radical (unpaired) electrons. The summed E-state index contributed by atoms with van der Waals surface area (Å²) in [5.41, 5.74) is 2.76. The number of rotatable bonds is 9. The molecule has 3 N–H and O–H groups in total. The molecule has 0 aliphatic heterocycles. The molecule has 32 heavy (non-hydrogen) atoms. The first-order valence-corrected chi connectivity index (χ1v) is 12.1. The van der Waals surface area contributed by atoms with Crippen molar-refractivity contribution >= 4 is 43.2 Å². The van der Waals surface area contributed by atoms with Gasteiger partial charge >= 0.3 is 0 Å². The number of hydrogen-bond acceptors (Lipinski definition) is 5. The van der Waals surface area contributed by atoms with Crippen molar-refractivity contribution in [1.29, 1.82) is 0 Å². The van der Waals surface area contributed by atoms with E-state index in [0.717, 1.165) is 11.3 Å². The molecule has 0 heterocycles. The van der Waals surface area contributed by atoms with E-state index in [0.29, 0.717) is 28.8 Å². The SMILES string of the molecule is COc1ccc(Br)cc1S(=O)(=O)Nc1cccc(NCCNC(=O)c2cccc(C)c2)c1. The van der Waals surface area contributed by atoms with E-state index in [2.05, 4.69) is 31.3 Å². The monoisotopic (exact) mass is 517 g/mol. The summed E-state index contributed by atoms with van der Waals surface area (Å²) in [6.07, 6.45) is 0. The van der Waals surface area contributed by atoms with Gasteiger partial charge in [0.25, 0.3) is 15.9 Å². The van der Waals surface area contributed by atoms with Crippen LogP contribution in [0.25, 0.3) is 0 Å². The minimum Gasteiger partial charge on any atom is -0.495 e. The van der Waals surface area contributed by atoms with Crippen LogP contribution in [-0.4, -0.2) is 34.5 Å². The molecule has 168 valence electrons. The van der Waals surface area contributed by atoms with Crippen molar-refractivity contribution in [2.45, 2.75) is 11.8 Å². The lowest BCUT2D eigenvalue weighted by molar-refractivity contribution is 0.0955. The number of carbonyl (C=O) groups is 1. The van der Waals surface area contributed by atoms with Crippen molar-refractivity contribution in [1.82, 2.24) is 5.32 Å². The summed E-state index contributed by atoms with van der Waals surface area (Å²) in [5.74, 6) is 0.110. The lowest BCUT2D eigenvalue weighted by atomic mass is 10.1. The average Bonchev–Trinajstić information content (AvgIpc) is 2.76. The number of ether oxygens (including phenoxy) is 1. The summed E-state index contributed by atoms with van der Waals surface area (Å²) in [6.45, 7) is 2.83. The normalized spacial score (nSPS) is 11.0. The van der Waals surface area contributed by atoms with Crippen LogP contribution in [0, 0.1) is 6.92 Å². The molecule has 0 atom stereocenters. The van der Waals surface area contributed by atoms with Crippen LogP contribution in [0.4, 0.5) is 11.4 Å². The largest absolute Gasteiger partial charge is 0.495 e. The van der Waals surface area contributed by atoms with Crippen molar-refractivity contribution in [3.63, 3.8) is 0 Å². The van der Waals surface area contributed by atoms with Gasteiger partial charge in [0.2, 0.25) is 0 Å². The highest BCUT2D eigenvalue weighted by atomic mass is 79.9. The second-order valence-corrected chi connectivity index (χ2v) is 9.60. The lowest BCUT2D eigenvalue weighted by Crippen LogP contribution is -2.28. The average molecular weight is 518 g/mol. The molecule has 3 rings (SSSR count). The van der Waals surface area contributed by atoms with Crippen molar-refractivity contribution < 1.29 is 17.9 Å². The van der Waals surface area contributed by atoms with Gasteiger partial charge in [-0.05, 0) is 55.5 Å². The van der Waals surface area contributed by atoms with Gasteiger partial charge in [0.15, 0.2) is 0 Å². The van der Waals surface area contributed by atoms with E-state index in [1.165, 1.54) is 13.2 Å². The zero-order chi connectivity index (χ0) is 23.1. The Morgan fingerprint density at radius 1 is 0.969 bits per heavy atom. The van der Waals surface area contributed by atoms with Gasteiger partial charge in [-0.1, -0.05) is 39.7 Å². The highest BCUT2D eigenvalue weighted by Crippen LogP contribution is 2.29. The van der Waals surface area contributed by atoms with Crippen molar-refractivity contribution in [3.05, 3.63) is 82.3 Å². The second-order valence-electron chi connectivity index (χ2n) is 7.03. The molecule has 0 aliphatic carbocycles. The fraction of sp³-hybridized carbons (Fsp3) is 0.174. The third kappa shape index (κ3) is 6.24. The molecule has 0 spiro atoms. The quantitative estimate of drug-likeness (QED) is 0.365. The summed E-state index contributed by atoms with van der Waals surface area (Å²) in [5, 5.41) is 6.04. The molecule has 0 saturated carbocycles. The van der Waals surface area contributed by atoms with E-state index in [-0.39, 0.29) is 16.6 Å². The molecule has 7 nitrogen and oxygen atoms in total. The van der Waals surface area contributed by atoms with Crippen LogP contribution in [0.1, 0.15) is 15.9 Å². The zero-order valence-electron chi connectivity index (χ0n) is 17.7. The fourth-order valence-electron chi connectivity index (χ4n) is 3.03. The van der Waals surface area contributed by atoms with Gasteiger partial charge in [-0.15, -0.1) is 0 Å². The van der Waals surface area contributed by atoms with Crippen LogP contribution in [-0.2, 0) is 10.0 Å². The molecule has 9 heteroatoms. The first-order chi connectivity index (χ1) is 15.3. The number of aryl methyl sites for hydroxylation is 1. The molecule has 0 fully saturated rings. The Kier molecular flexibility index (Phi) is 7.76. The number of hydrogen-bond donors (Lipinski definition) is 3. The molecule has 3 aromatic rings. The predicted octanol–water partition coefficient (Wildman–Crippen LogP) is 4.41. The molecule has 0 unspecified atom stereocenters. The maximum Gasteiger partial charge on any atom is 0.265 e. The summed E-state index contributed by atoms with van der Waals surface area (Å²) in [6, 6.07) is 19.1. The molecule has 3 aromatic carbocycles. The Bertz CT molecular complexity index is 1220. The Morgan fingerprint density at radius 2 is 1.72 bits per heavy atom. The Hall–Kier alpha value is -3.04. The van der Waals surface area contributed by atoms with Crippen LogP contribution in [0.5, 0.6) is 5.75 Å². The standard InChI is InChI=1S/C23H24BrN3O4S/c1-16-5-3-6-17(13-16)23(28)26-12-11-25-19-7-4-8-20(15-19)27-32(29,30)22-14-18(24)9-10-21(22)31-2/h3-10,13-15,25,27H,11-12H2,1-2H3,(H,26,28). The Morgan fingerprint density at radius 3 is 2.47 bits per heavy atom. The van der Waals surface area contributed by atoms with Gasteiger partial charge < -0.3 is 15.4 Å². The minimum atomic E-state index is -3.86. The van der Waals surface area contributed by atoms with Gasteiger partial charge in [0, 0.05) is 28.8 Å². The van der Waals surface area contributed by atoms with Crippen LogP contribution >= 0.6 is 15.9 Å². The maximum absolute atomic E-state index is 12.9. The summed E-state index contributed by atoms with van der Waals surface area (Å²) >= 11 is 3.29. The number of benzene rings is 3. The topological polar surface area (TPSA) is 96.5 Å². The van der Waals surface area contributed by atoms with Crippen molar-refractivity contribution in [3.8, 4) is 5.75 Å². The third-order valence-electron chi connectivity index (χ3n) is 4.55. The highest BCUT2D eigenvalue weighted by molar-refractivity contribution is 9.10. The first-order valence-electron chi connectivity index (χ1n) is 9.83. The van der Waals surface area contributed by atoms with Gasteiger partial charge in [0.1, 0.15) is 10.6 Å². The van der Waals surface area contributed by atoms with E-state index in [1.54, 1.807) is 36.4 Å². The summed E-state index contributed by atoms with van der Waals surface area (Å²) in [7, 11) is -2.43. The molecule has 1 amide bonds. The highest BCUT2D eigenvalue weighted by Gasteiger charge is 2.20. The predicted molar refractivity (Wildman–Crippen MR) is 130 cm³/mol. The smallest absolute Gasteiger partial charge is 0.265 e. The van der Waals surface area contributed by atoms with Gasteiger partial charge in [0.05, 0.1) is 12.8 Å². The van der Waals surface area contributed by atoms with Crippen molar-refractivity contribution in [2.75, 3.05) is 30.2 Å². The number of halogens is 1. The molecule has 0 aromatic heterocycles. The number of sulfonamides is 1. The molecule has 0 saturated heterocycles. The van der Waals surface area contributed by atoms with Crippen LogP contribution in [0.15, 0.2) is 76.1 Å². The van der Waals surface area contributed by atoms with Crippen LogP contribution in [0.3, 0.4) is 0 Å². The number of amides is 1. The van der Waals surface area contributed by atoms with E-state index in [9.17, 15) is 13.2 Å². The first kappa shape index (κ1) is 23.6. The van der Waals surface area contributed by atoms with Crippen LogP contribution in [0.2, 0.25) is 0 Å². The number of anilines is 2. The van der Waals surface area contributed by atoms with Crippen molar-refractivity contribution in [2.24, 2.45) is 0 Å². The molecular formula is C23H24BrN3O4S.